The molecule has 7 heteroatoms. The summed E-state index contributed by atoms with van der Waals surface area (Å²) in [6.07, 6.45) is 0.990. The highest BCUT2D eigenvalue weighted by atomic mass is 32.2. The van der Waals surface area contributed by atoms with E-state index in [9.17, 15) is 13.2 Å². The smallest absolute Gasteiger partial charge is 0.240 e. The van der Waals surface area contributed by atoms with E-state index in [0.29, 0.717) is 0 Å². The lowest BCUT2D eigenvalue weighted by atomic mass is 9.93. The van der Waals surface area contributed by atoms with Crippen molar-refractivity contribution < 1.29 is 13.2 Å². The number of carbonyl (C=O) groups excluding carboxylic acids is 1. The molecule has 4 N–H and O–H groups in total. The van der Waals surface area contributed by atoms with E-state index in [0.717, 1.165) is 18.7 Å². The van der Waals surface area contributed by atoms with E-state index in [2.05, 4.69) is 17.0 Å². The summed E-state index contributed by atoms with van der Waals surface area (Å²) < 4.78 is 26.7. The molecule has 0 aliphatic carbocycles. The molecule has 0 saturated heterocycles. The molecule has 0 radical (unpaired) electrons. The zero-order chi connectivity index (χ0) is 16.1. The molecule has 0 atom stereocenters. The predicted octanol–water partition coefficient (Wildman–Crippen LogP) is 1.30. The Morgan fingerprint density at radius 1 is 1.24 bits per heavy atom. The maximum absolute atomic E-state index is 12.1. The van der Waals surface area contributed by atoms with Gasteiger partial charge in [0, 0.05) is 18.8 Å². The number of carbonyl (C=O) groups is 1. The Labute approximate surface area is 126 Å². The Bertz CT molecular complexity index is 580. The molecular weight excluding hydrogens is 290 g/mol. The van der Waals surface area contributed by atoms with E-state index in [4.69, 9.17) is 5.73 Å². The zero-order valence-corrected chi connectivity index (χ0v) is 13.5. The molecule has 118 valence electrons. The number of rotatable bonds is 8. The normalized spacial score (nSPS) is 12.1. The number of hydrogen-bond acceptors (Lipinski definition) is 4. The van der Waals surface area contributed by atoms with Crippen molar-refractivity contribution in [2.75, 3.05) is 18.4 Å². The number of anilines is 1. The van der Waals surface area contributed by atoms with E-state index >= 15 is 0 Å². The van der Waals surface area contributed by atoms with E-state index in [1.165, 1.54) is 12.1 Å². The largest absolute Gasteiger partial charge is 0.385 e. The molecule has 21 heavy (non-hydrogen) atoms. The van der Waals surface area contributed by atoms with Crippen LogP contribution in [0.4, 0.5) is 5.69 Å². The van der Waals surface area contributed by atoms with Crippen molar-refractivity contribution in [3.8, 4) is 0 Å². The van der Waals surface area contributed by atoms with Gasteiger partial charge in [-0.1, -0.05) is 6.92 Å². The first kappa shape index (κ1) is 17.5. The minimum atomic E-state index is -3.65. The van der Waals surface area contributed by atoms with Crippen molar-refractivity contribution in [2.45, 2.75) is 32.1 Å². The van der Waals surface area contributed by atoms with Gasteiger partial charge in [0.05, 0.1) is 10.3 Å². The fourth-order valence-corrected chi connectivity index (χ4v) is 2.68. The minimum absolute atomic E-state index is 0.0412. The van der Waals surface area contributed by atoms with Crippen LogP contribution in [0.25, 0.3) is 0 Å². The molecule has 1 aromatic carbocycles. The predicted molar refractivity (Wildman–Crippen MR) is 83.4 cm³/mol. The molecule has 0 unspecified atom stereocenters. The summed E-state index contributed by atoms with van der Waals surface area (Å²) >= 11 is 0. The van der Waals surface area contributed by atoms with Gasteiger partial charge >= 0.3 is 0 Å². The summed E-state index contributed by atoms with van der Waals surface area (Å²) in [5.74, 6) is -0.552. The highest BCUT2D eigenvalue weighted by Crippen LogP contribution is 2.17. The Morgan fingerprint density at radius 2 is 1.81 bits per heavy atom. The molecule has 0 aliphatic heterocycles. The average Bonchev–Trinajstić information content (AvgIpc) is 2.43. The van der Waals surface area contributed by atoms with Crippen molar-refractivity contribution in [1.29, 1.82) is 0 Å². The second kappa shape index (κ2) is 6.91. The Morgan fingerprint density at radius 3 is 2.29 bits per heavy atom. The third-order valence-corrected chi connectivity index (χ3v) is 4.53. The highest BCUT2D eigenvalue weighted by Gasteiger charge is 2.27. The second-order valence-electron chi connectivity index (χ2n) is 5.52. The number of sulfonamides is 1. The lowest BCUT2D eigenvalue weighted by molar-refractivity contribution is -0.125. The zero-order valence-electron chi connectivity index (χ0n) is 12.6. The molecule has 0 bridgehead atoms. The van der Waals surface area contributed by atoms with Crippen LogP contribution in [0.2, 0.25) is 0 Å². The van der Waals surface area contributed by atoms with Gasteiger partial charge in [-0.15, -0.1) is 0 Å². The molecule has 0 saturated carbocycles. The molecular formula is C14H23N3O3S. The summed E-state index contributed by atoms with van der Waals surface area (Å²) in [4.78, 5) is 11.4. The minimum Gasteiger partial charge on any atom is -0.385 e. The topological polar surface area (TPSA) is 101 Å². The van der Waals surface area contributed by atoms with Gasteiger partial charge in [0.1, 0.15) is 0 Å². The fourth-order valence-electron chi connectivity index (χ4n) is 1.47. The van der Waals surface area contributed by atoms with Crippen LogP contribution in [0.15, 0.2) is 29.2 Å². The average molecular weight is 313 g/mol. The molecule has 0 fully saturated rings. The SMILES string of the molecule is CCCNc1ccc(S(=O)(=O)NCC(C)(C)C(N)=O)cc1. The van der Waals surface area contributed by atoms with E-state index in [1.807, 2.05) is 0 Å². The Kier molecular flexibility index (Phi) is 5.74. The summed E-state index contributed by atoms with van der Waals surface area (Å²) in [6, 6.07) is 6.47. The molecule has 1 aromatic rings. The maximum atomic E-state index is 12.1. The quantitative estimate of drug-likeness (QED) is 0.673. The first-order valence-corrected chi connectivity index (χ1v) is 8.31. The molecule has 0 spiro atoms. The van der Waals surface area contributed by atoms with Crippen LogP contribution in [0.5, 0.6) is 0 Å². The number of hydrogen-bond donors (Lipinski definition) is 3. The number of nitrogens with two attached hydrogens (primary N) is 1. The van der Waals surface area contributed by atoms with Gasteiger partial charge in [0.25, 0.3) is 0 Å². The van der Waals surface area contributed by atoms with Crippen LogP contribution < -0.4 is 15.8 Å². The Balaban J connectivity index is 2.77. The number of benzene rings is 1. The van der Waals surface area contributed by atoms with Crippen molar-refractivity contribution >= 4 is 21.6 Å². The van der Waals surface area contributed by atoms with Gasteiger partial charge in [0.2, 0.25) is 15.9 Å². The number of primary amides is 1. The summed E-state index contributed by atoms with van der Waals surface area (Å²) in [5.41, 5.74) is 5.16. The van der Waals surface area contributed by atoms with Crippen LogP contribution in [-0.2, 0) is 14.8 Å². The van der Waals surface area contributed by atoms with Crippen LogP contribution in [-0.4, -0.2) is 27.4 Å². The first-order chi connectivity index (χ1) is 9.69. The van der Waals surface area contributed by atoms with Gasteiger partial charge in [-0.25, -0.2) is 13.1 Å². The second-order valence-corrected chi connectivity index (χ2v) is 7.29. The lowest BCUT2D eigenvalue weighted by Gasteiger charge is -2.20. The maximum Gasteiger partial charge on any atom is 0.240 e. The fraction of sp³-hybridized carbons (Fsp3) is 0.500. The Hall–Kier alpha value is -1.60. The standard InChI is InChI=1S/C14H23N3O3S/c1-4-9-16-11-5-7-12(8-6-11)21(19,20)17-10-14(2,3)13(15)18/h5-8,16-17H,4,9-10H2,1-3H3,(H2,15,18). The van der Waals surface area contributed by atoms with Crippen LogP contribution in [0.1, 0.15) is 27.2 Å². The third-order valence-electron chi connectivity index (χ3n) is 3.11. The highest BCUT2D eigenvalue weighted by molar-refractivity contribution is 7.89. The molecule has 0 aromatic heterocycles. The van der Waals surface area contributed by atoms with Gasteiger partial charge in [-0.3, -0.25) is 4.79 Å². The third kappa shape index (κ3) is 5.02. The number of nitrogens with one attached hydrogen (secondary N) is 2. The van der Waals surface area contributed by atoms with Crippen LogP contribution in [0.3, 0.4) is 0 Å². The monoisotopic (exact) mass is 313 g/mol. The van der Waals surface area contributed by atoms with Crippen LogP contribution in [0, 0.1) is 5.41 Å². The first-order valence-electron chi connectivity index (χ1n) is 6.82. The van der Waals surface area contributed by atoms with E-state index in [-0.39, 0.29) is 11.4 Å². The van der Waals surface area contributed by atoms with Gasteiger partial charge in [-0.2, -0.15) is 0 Å². The molecule has 0 aliphatic rings. The van der Waals surface area contributed by atoms with Crippen molar-refractivity contribution in [3.05, 3.63) is 24.3 Å². The van der Waals surface area contributed by atoms with E-state index < -0.39 is 21.3 Å². The number of amides is 1. The van der Waals surface area contributed by atoms with Crippen molar-refractivity contribution in [2.24, 2.45) is 11.1 Å². The summed E-state index contributed by atoms with van der Waals surface area (Å²) in [5, 5.41) is 3.17. The molecule has 1 rings (SSSR count). The summed E-state index contributed by atoms with van der Waals surface area (Å²) in [6.45, 7) is 6.03. The molecule has 0 heterocycles. The van der Waals surface area contributed by atoms with E-state index in [1.54, 1.807) is 26.0 Å². The van der Waals surface area contributed by atoms with Crippen molar-refractivity contribution in [1.82, 2.24) is 4.72 Å². The van der Waals surface area contributed by atoms with Gasteiger partial charge in [-0.05, 0) is 44.5 Å². The molecule has 1 amide bonds. The lowest BCUT2D eigenvalue weighted by Crippen LogP contribution is -2.42. The molecule has 6 nitrogen and oxygen atoms in total. The summed E-state index contributed by atoms with van der Waals surface area (Å²) in [7, 11) is -3.65. The van der Waals surface area contributed by atoms with Crippen LogP contribution >= 0.6 is 0 Å². The van der Waals surface area contributed by atoms with Gasteiger partial charge in [0.15, 0.2) is 0 Å². The van der Waals surface area contributed by atoms with Crippen molar-refractivity contribution in [3.63, 3.8) is 0 Å². The van der Waals surface area contributed by atoms with Gasteiger partial charge < -0.3 is 11.1 Å².